The highest BCUT2D eigenvalue weighted by molar-refractivity contribution is 4.96. The van der Waals surface area contributed by atoms with Crippen molar-refractivity contribution in [3.8, 4) is 0 Å². The summed E-state index contributed by atoms with van der Waals surface area (Å²) in [5.41, 5.74) is 0. The maximum atomic E-state index is 3.47. The fourth-order valence-electron chi connectivity index (χ4n) is 3.56. The normalized spacial score (nSPS) is 34.9. The molecular formula is C14H28N2. The summed E-state index contributed by atoms with van der Waals surface area (Å²) in [4.78, 5) is 2.82. The van der Waals surface area contributed by atoms with Gasteiger partial charge in [0.15, 0.2) is 0 Å². The molecule has 0 aromatic rings. The van der Waals surface area contributed by atoms with Gasteiger partial charge in [0, 0.05) is 18.1 Å². The molecule has 0 aromatic heterocycles. The van der Waals surface area contributed by atoms with Crippen molar-refractivity contribution < 1.29 is 0 Å². The van der Waals surface area contributed by atoms with Crippen LogP contribution in [0.25, 0.3) is 0 Å². The van der Waals surface area contributed by atoms with Crippen LogP contribution >= 0.6 is 0 Å². The minimum Gasteiger partial charge on any atom is -0.317 e. The van der Waals surface area contributed by atoms with Crippen molar-refractivity contribution in [3.63, 3.8) is 0 Å². The lowest BCUT2D eigenvalue weighted by Crippen LogP contribution is -2.48. The topological polar surface area (TPSA) is 15.3 Å². The smallest absolute Gasteiger partial charge is 0.0114 e. The Kier molecular flexibility index (Phi) is 4.26. The lowest BCUT2D eigenvalue weighted by molar-refractivity contribution is 0.116. The molecule has 94 valence electrons. The summed E-state index contributed by atoms with van der Waals surface area (Å²) >= 11 is 0. The maximum Gasteiger partial charge on any atom is 0.0114 e. The second kappa shape index (κ2) is 5.50. The Labute approximate surface area is 101 Å². The molecular weight excluding hydrogens is 196 g/mol. The van der Waals surface area contributed by atoms with Crippen molar-refractivity contribution in [2.24, 2.45) is 5.92 Å². The van der Waals surface area contributed by atoms with E-state index in [1.54, 1.807) is 0 Å². The van der Waals surface area contributed by atoms with Gasteiger partial charge in [0.05, 0.1) is 0 Å². The zero-order chi connectivity index (χ0) is 11.5. The Balaban J connectivity index is 1.79. The van der Waals surface area contributed by atoms with Crippen LogP contribution in [0.5, 0.6) is 0 Å². The summed E-state index contributed by atoms with van der Waals surface area (Å²) in [5, 5.41) is 3.47. The predicted molar refractivity (Wildman–Crippen MR) is 69.7 cm³/mol. The molecule has 2 nitrogen and oxygen atoms in total. The second-order valence-electron chi connectivity index (χ2n) is 6.12. The fourth-order valence-corrected chi connectivity index (χ4v) is 3.56. The third-order valence-electron chi connectivity index (χ3n) is 4.49. The first-order valence-electron chi connectivity index (χ1n) is 7.13. The molecule has 2 saturated heterocycles. The van der Waals surface area contributed by atoms with Crippen molar-refractivity contribution in [1.82, 2.24) is 10.2 Å². The second-order valence-corrected chi connectivity index (χ2v) is 6.12. The van der Waals surface area contributed by atoms with Crippen LogP contribution in [-0.2, 0) is 0 Å². The van der Waals surface area contributed by atoms with E-state index in [2.05, 4.69) is 31.1 Å². The molecule has 0 amide bonds. The highest BCUT2D eigenvalue weighted by Gasteiger charge is 2.39. The molecule has 2 heteroatoms. The summed E-state index contributed by atoms with van der Waals surface area (Å²) in [6.07, 6.45) is 8.46. The van der Waals surface area contributed by atoms with Crippen LogP contribution in [-0.4, -0.2) is 36.6 Å². The zero-order valence-corrected chi connectivity index (χ0v) is 11.2. The minimum atomic E-state index is 0.791. The summed E-state index contributed by atoms with van der Waals surface area (Å²) < 4.78 is 0. The number of nitrogens with one attached hydrogen (secondary N) is 1. The number of hydrogen-bond acceptors (Lipinski definition) is 2. The lowest BCUT2D eigenvalue weighted by Gasteiger charge is -2.39. The molecule has 0 saturated carbocycles. The molecule has 2 rings (SSSR count). The van der Waals surface area contributed by atoms with Crippen LogP contribution in [0.4, 0.5) is 0 Å². The Hall–Kier alpha value is -0.0800. The van der Waals surface area contributed by atoms with Gasteiger partial charge in [-0.3, -0.25) is 4.90 Å². The lowest BCUT2D eigenvalue weighted by atomic mass is 9.96. The molecule has 0 spiro atoms. The molecule has 2 heterocycles. The van der Waals surface area contributed by atoms with Gasteiger partial charge in [0.25, 0.3) is 0 Å². The van der Waals surface area contributed by atoms with Crippen LogP contribution in [0.15, 0.2) is 0 Å². The molecule has 2 atom stereocenters. The molecule has 2 fully saturated rings. The average Bonchev–Trinajstić information content (AvgIpc) is 2.50. The highest BCUT2D eigenvalue weighted by atomic mass is 15.2. The molecule has 0 radical (unpaired) electrons. The van der Waals surface area contributed by atoms with Crippen LogP contribution in [0.2, 0.25) is 0 Å². The van der Waals surface area contributed by atoms with Gasteiger partial charge < -0.3 is 5.32 Å². The van der Waals surface area contributed by atoms with Gasteiger partial charge in [0.2, 0.25) is 0 Å². The van der Waals surface area contributed by atoms with E-state index in [0.717, 1.165) is 24.0 Å². The Morgan fingerprint density at radius 2 is 1.81 bits per heavy atom. The van der Waals surface area contributed by atoms with E-state index in [0.29, 0.717) is 0 Å². The first-order valence-corrected chi connectivity index (χ1v) is 7.13. The maximum absolute atomic E-state index is 3.47. The number of nitrogens with zero attached hydrogens (tertiary/aromatic N) is 1. The van der Waals surface area contributed by atoms with E-state index in [1.807, 2.05) is 0 Å². The van der Waals surface area contributed by atoms with Crippen LogP contribution < -0.4 is 5.32 Å². The van der Waals surface area contributed by atoms with Gasteiger partial charge >= 0.3 is 0 Å². The number of hydrogen-bond donors (Lipinski definition) is 1. The van der Waals surface area contributed by atoms with E-state index in [1.165, 1.54) is 45.1 Å². The van der Waals surface area contributed by atoms with Crippen LogP contribution in [0.1, 0.15) is 52.4 Å². The summed E-state index contributed by atoms with van der Waals surface area (Å²) in [6, 6.07) is 2.57. The Morgan fingerprint density at radius 1 is 1.19 bits per heavy atom. The zero-order valence-electron chi connectivity index (χ0n) is 11.2. The molecule has 2 aliphatic rings. The molecule has 0 aromatic carbocycles. The molecule has 16 heavy (non-hydrogen) atoms. The third kappa shape index (κ3) is 2.78. The summed E-state index contributed by atoms with van der Waals surface area (Å²) in [7, 11) is 2.12. The quantitative estimate of drug-likeness (QED) is 0.772. The summed E-state index contributed by atoms with van der Waals surface area (Å²) in [5.74, 6) is 0.868. The van der Waals surface area contributed by atoms with Gasteiger partial charge in [-0.2, -0.15) is 0 Å². The first kappa shape index (κ1) is 12.4. The van der Waals surface area contributed by atoms with E-state index < -0.39 is 0 Å². The molecule has 0 aliphatic carbocycles. The third-order valence-corrected chi connectivity index (χ3v) is 4.49. The Bertz CT molecular complexity index is 201. The van der Waals surface area contributed by atoms with Crippen molar-refractivity contribution in [1.29, 1.82) is 0 Å². The predicted octanol–water partition coefficient (Wildman–Crippen LogP) is 2.64. The van der Waals surface area contributed by atoms with Crippen LogP contribution in [0.3, 0.4) is 0 Å². The molecule has 2 unspecified atom stereocenters. The number of fused-ring (bicyclic) bond motifs is 2. The van der Waals surface area contributed by atoms with E-state index in [-0.39, 0.29) is 0 Å². The van der Waals surface area contributed by atoms with Gasteiger partial charge in [-0.05, 0) is 58.0 Å². The van der Waals surface area contributed by atoms with Crippen molar-refractivity contribution >= 4 is 0 Å². The molecule has 2 aliphatic heterocycles. The van der Waals surface area contributed by atoms with Crippen molar-refractivity contribution in [3.05, 3.63) is 0 Å². The van der Waals surface area contributed by atoms with E-state index in [9.17, 15) is 0 Å². The first-order chi connectivity index (χ1) is 7.70. The van der Waals surface area contributed by atoms with E-state index >= 15 is 0 Å². The number of piperidine rings is 1. The van der Waals surface area contributed by atoms with Gasteiger partial charge in [0.1, 0.15) is 0 Å². The van der Waals surface area contributed by atoms with Crippen molar-refractivity contribution in [2.75, 3.05) is 13.6 Å². The average molecular weight is 224 g/mol. The summed E-state index contributed by atoms with van der Waals surface area (Å²) in [6.45, 7) is 6.02. The van der Waals surface area contributed by atoms with Gasteiger partial charge in [-0.15, -0.1) is 0 Å². The monoisotopic (exact) mass is 224 g/mol. The molecule has 1 N–H and O–H groups in total. The fraction of sp³-hybridized carbons (Fsp3) is 1.00. The highest BCUT2D eigenvalue weighted by Crippen LogP contribution is 2.35. The largest absolute Gasteiger partial charge is 0.317 e. The van der Waals surface area contributed by atoms with Crippen LogP contribution in [0, 0.1) is 5.92 Å². The standard InChI is InChI=1S/C14H28N2/c1-11(2)5-4-8-16-13-6-7-14(16)10-12(9-13)15-3/h11-15H,4-10H2,1-3H3. The number of rotatable bonds is 5. The van der Waals surface area contributed by atoms with Gasteiger partial charge in [-0.1, -0.05) is 13.8 Å². The van der Waals surface area contributed by atoms with Crippen molar-refractivity contribution in [2.45, 2.75) is 70.5 Å². The molecule has 2 bridgehead atoms. The Morgan fingerprint density at radius 3 is 2.31 bits per heavy atom. The SMILES string of the molecule is CNC1CC2CCC(C1)N2CCCC(C)C. The van der Waals surface area contributed by atoms with Gasteiger partial charge in [-0.25, -0.2) is 0 Å². The minimum absolute atomic E-state index is 0.791. The van der Waals surface area contributed by atoms with E-state index in [4.69, 9.17) is 0 Å².